The number of rotatable bonds is 5. The Kier molecular flexibility index (Phi) is 5.73. The minimum atomic E-state index is -0.570. The molecule has 0 bridgehead atoms. The first-order valence-corrected chi connectivity index (χ1v) is 9.38. The first-order chi connectivity index (χ1) is 12.8. The van der Waals surface area contributed by atoms with Crippen molar-refractivity contribution in [2.75, 3.05) is 48.7 Å². The van der Waals surface area contributed by atoms with E-state index in [1.54, 1.807) is 4.90 Å². The first-order valence-electron chi connectivity index (χ1n) is 8.13. The number of piperazine rings is 1. The summed E-state index contributed by atoms with van der Waals surface area (Å²) in [4.78, 5) is 34.7. The number of hydrogen-bond donors (Lipinski definition) is 2. The van der Waals surface area contributed by atoms with Crippen molar-refractivity contribution in [2.24, 2.45) is 0 Å². The molecule has 2 aromatic rings. The number of nitrogens with one attached hydrogen (secondary N) is 1. The molecule has 1 aliphatic heterocycles. The van der Waals surface area contributed by atoms with Gasteiger partial charge >= 0.3 is 5.69 Å². The lowest BCUT2D eigenvalue weighted by Crippen LogP contribution is -2.49. The predicted molar refractivity (Wildman–Crippen MR) is 104 cm³/mol. The van der Waals surface area contributed by atoms with Crippen LogP contribution in [0.3, 0.4) is 0 Å². The summed E-state index contributed by atoms with van der Waals surface area (Å²) in [5, 5.41) is 16.7. The maximum atomic E-state index is 12.1. The van der Waals surface area contributed by atoms with Gasteiger partial charge < -0.3 is 16.0 Å². The summed E-state index contributed by atoms with van der Waals surface area (Å²) in [6.45, 7) is 4.16. The number of amides is 1. The van der Waals surface area contributed by atoms with E-state index in [9.17, 15) is 14.9 Å². The molecule has 1 amide bonds. The summed E-state index contributed by atoms with van der Waals surface area (Å²) in [5.74, 6) is -0.310. The van der Waals surface area contributed by atoms with Crippen molar-refractivity contribution in [1.29, 1.82) is 0 Å². The summed E-state index contributed by atoms with van der Waals surface area (Å²) >= 11 is 7.52. The number of nitro groups is 1. The quantitative estimate of drug-likeness (QED) is 0.562. The van der Waals surface area contributed by atoms with Crippen molar-refractivity contribution in [3.8, 4) is 0 Å². The van der Waals surface area contributed by atoms with E-state index in [2.05, 4.69) is 15.3 Å². The van der Waals surface area contributed by atoms with E-state index in [1.807, 2.05) is 17.2 Å². The molecule has 2 aromatic heterocycles. The number of nitrogen functional groups attached to an aromatic ring is 1. The van der Waals surface area contributed by atoms with Gasteiger partial charge in [0.05, 0.1) is 28.4 Å². The van der Waals surface area contributed by atoms with E-state index in [0.717, 1.165) is 5.69 Å². The monoisotopic (exact) mass is 411 g/mol. The van der Waals surface area contributed by atoms with E-state index in [4.69, 9.17) is 17.3 Å². The van der Waals surface area contributed by atoms with Gasteiger partial charge in [-0.15, -0.1) is 11.3 Å². The van der Waals surface area contributed by atoms with E-state index < -0.39 is 4.92 Å². The molecule has 1 saturated heterocycles. The Morgan fingerprint density at radius 2 is 2.15 bits per heavy atom. The van der Waals surface area contributed by atoms with Gasteiger partial charge in [0.1, 0.15) is 5.69 Å². The molecule has 3 N–H and O–H groups in total. The van der Waals surface area contributed by atoms with Crippen LogP contribution in [0, 0.1) is 17.0 Å². The number of halogens is 1. The molecule has 0 aromatic carbocycles. The second-order valence-electron chi connectivity index (χ2n) is 6.05. The number of pyridine rings is 1. The number of aryl methyl sites for hydroxylation is 1. The molecule has 0 radical (unpaired) electrons. The Morgan fingerprint density at radius 3 is 2.74 bits per heavy atom. The van der Waals surface area contributed by atoms with Crippen LogP contribution in [0.5, 0.6) is 0 Å². The number of nitrogens with zero attached hydrogens (tertiary/aromatic N) is 5. The average molecular weight is 412 g/mol. The summed E-state index contributed by atoms with van der Waals surface area (Å²) in [5.41, 5.74) is 6.51. The van der Waals surface area contributed by atoms with Crippen molar-refractivity contribution in [1.82, 2.24) is 14.9 Å². The highest BCUT2D eigenvalue weighted by molar-refractivity contribution is 7.13. The van der Waals surface area contributed by atoms with Crippen molar-refractivity contribution >= 4 is 51.2 Å². The van der Waals surface area contributed by atoms with Gasteiger partial charge in [-0.2, -0.15) is 0 Å². The van der Waals surface area contributed by atoms with Gasteiger partial charge in [-0.25, -0.2) is 9.97 Å². The molecule has 0 aliphatic carbocycles. The molecule has 12 heteroatoms. The number of thiazole rings is 1. The van der Waals surface area contributed by atoms with Crippen LogP contribution in [0.2, 0.25) is 5.02 Å². The lowest BCUT2D eigenvalue weighted by molar-refractivity contribution is -0.383. The molecule has 10 nitrogen and oxygen atoms in total. The third-order valence-corrected chi connectivity index (χ3v) is 5.27. The molecular weight excluding hydrogens is 394 g/mol. The Hall–Kier alpha value is -2.50. The van der Waals surface area contributed by atoms with Crippen molar-refractivity contribution in [2.45, 2.75) is 6.92 Å². The zero-order valence-electron chi connectivity index (χ0n) is 14.5. The van der Waals surface area contributed by atoms with E-state index >= 15 is 0 Å². The third-order valence-electron chi connectivity index (χ3n) is 4.11. The Bertz CT molecular complexity index is 867. The fraction of sp³-hybridized carbons (Fsp3) is 0.400. The number of anilines is 3. The smallest absolute Gasteiger partial charge is 0.335 e. The van der Waals surface area contributed by atoms with Crippen LogP contribution in [0.25, 0.3) is 0 Å². The summed E-state index contributed by atoms with van der Waals surface area (Å²) in [6, 6.07) is 0. The Labute approximate surface area is 164 Å². The molecule has 0 spiro atoms. The van der Waals surface area contributed by atoms with Crippen LogP contribution in [0.15, 0.2) is 11.6 Å². The molecule has 1 fully saturated rings. The zero-order chi connectivity index (χ0) is 19.6. The molecule has 3 heterocycles. The maximum absolute atomic E-state index is 12.1. The highest BCUT2D eigenvalue weighted by Crippen LogP contribution is 2.38. The molecular formula is C15H18ClN7O3S. The van der Waals surface area contributed by atoms with Gasteiger partial charge in [-0.3, -0.25) is 19.8 Å². The lowest BCUT2D eigenvalue weighted by atomic mass is 10.2. The van der Waals surface area contributed by atoms with Gasteiger partial charge in [-0.1, -0.05) is 11.6 Å². The molecule has 0 unspecified atom stereocenters. The van der Waals surface area contributed by atoms with Gasteiger partial charge in [0.2, 0.25) is 11.7 Å². The normalized spacial score (nSPS) is 15.0. The van der Waals surface area contributed by atoms with Crippen LogP contribution in [0.4, 0.5) is 22.3 Å². The zero-order valence-corrected chi connectivity index (χ0v) is 16.1. The summed E-state index contributed by atoms with van der Waals surface area (Å²) < 4.78 is 0. The number of nitrogens with two attached hydrogens (primary N) is 1. The van der Waals surface area contributed by atoms with Gasteiger partial charge in [-0.05, 0) is 6.92 Å². The topological polar surface area (TPSA) is 131 Å². The van der Waals surface area contributed by atoms with Crippen LogP contribution in [-0.4, -0.2) is 58.4 Å². The van der Waals surface area contributed by atoms with Crippen LogP contribution in [0.1, 0.15) is 5.69 Å². The van der Waals surface area contributed by atoms with Crippen molar-refractivity contribution < 1.29 is 9.72 Å². The highest BCUT2D eigenvalue weighted by atomic mass is 35.5. The second kappa shape index (κ2) is 8.03. The molecule has 0 atom stereocenters. The number of hydrogen-bond acceptors (Lipinski definition) is 9. The Morgan fingerprint density at radius 1 is 1.44 bits per heavy atom. The van der Waals surface area contributed by atoms with E-state index in [0.29, 0.717) is 31.3 Å². The minimum Gasteiger partial charge on any atom is -0.378 e. The van der Waals surface area contributed by atoms with Crippen molar-refractivity contribution in [3.63, 3.8) is 0 Å². The average Bonchev–Trinajstić information content (AvgIpc) is 3.02. The number of aromatic nitrogens is 2. The maximum Gasteiger partial charge on any atom is 0.335 e. The van der Waals surface area contributed by atoms with E-state index in [1.165, 1.54) is 17.5 Å². The highest BCUT2D eigenvalue weighted by Gasteiger charge is 2.29. The van der Waals surface area contributed by atoms with Gasteiger partial charge in [0, 0.05) is 31.6 Å². The van der Waals surface area contributed by atoms with Crippen LogP contribution < -0.4 is 16.0 Å². The third kappa shape index (κ3) is 4.43. The molecule has 1 aliphatic rings. The standard InChI is InChI=1S/C15H18ClN7O3S/c1-9-8-27-15(19-9)20-11(24)7-21-2-4-22(5-3-21)12-10(16)6-18-14(17)13(12)23(25)26/h6,8H,2-5,7H2,1H3,(H2,17,18)(H,19,20,24). The lowest BCUT2D eigenvalue weighted by Gasteiger charge is -2.35. The SMILES string of the molecule is Cc1csc(NC(=O)CN2CCN(c3c(Cl)cnc(N)c3[N+](=O)[O-])CC2)n1. The predicted octanol–water partition coefficient (Wildman–Crippen LogP) is 1.75. The minimum absolute atomic E-state index is 0.144. The number of carbonyl (C=O) groups is 1. The molecule has 144 valence electrons. The van der Waals surface area contributed by atoms with Crippen molar-refractivity contribution in [3.05, 3.63) is 32.4 Å². The Balaban J connectivity index is 1.62. The van der Waals surface area contributed by atoms with E-state index in [-0.39, 0.29) is 34.7 Å². The number of carbonyl (C=O) groups excluding carboxylic acids is 1. The largest absolute Gasteiger partial charge is 0.378 e. The fourth-order valence-corrected chi connectivity index (χ4v) is 3.83. The van der Waals surface area contributed by atoms with Gasteiger partial charge in [0.15, 0.2) is 5.13 Å². The summed E-state index contributed by atoms with van der Waals surface area (Å²) in [6.07, 6.45) is 1.31. The first kappa shape index (κ1) is 19.3. The molecule has 0 saturated carbocycles. The summed E-state index contributed by atoms with van der Waals surface area (Å²) in [7, 11) is 0. The molecule has 27 heavy (non-hydrogen) atoms. The van der Waals surface area contributed by atoms with Crippen LogP contribution >= 0.6 is 22.9 Å². The van der Waals surface area contributed by atoms with Gasteiger partial charge in [0.25, 0.3) is 0 Å². The molecule has 3 rings (SSSR count). The van der Waals surface area contributed by atoms with Crippen LogP contribution in [-0.2, 0) is 4.79 Å². The fourth-order valence-electron chi connectivity index (χ4n) is 2.87. The second-order valence-corrected chi connectivity index (χ2v) is 7.32.